The van der Waals surface area contributed by atoms with E-state index in [4.69, 9.17) is 5.73 Å². The first-order valence-corrected chi connectivity index (χ1v) is 12.1. The average Bonchev–Trinajstić information content (AvgIpc) is 2.82. The van der Waals surface area contributed by atoms with Crippen LogP contribution in [0.15, 0.2) is 34.8 Å². The van der Waals surface area contributed by atoms with E-state index in [1.807, 2.05) is 0 Å². The van der Waals surface area contributed by atoms with E-state index in [9.17, 15) is 39.6 Å². The number of phenolic OH excluding ortho intramolecular Hbond substituents is 1. The molecule has 0 saturated carbocycles. The lowest BCUT2D eigenvalue weighted by Gasteiger charge is -2.45. The van der Waals surface area contributed by atoms with Crippen molar-refractivity contribution in [3.63, 3.8) is 0 Å². The Morgan fingerprint density at radius 3 is 2.42 bits per heavy atom. The van der Waals surface area contributed by atoms with Gasteiger partial charge < -0.3 is 26.2 Å². The molecule has 1 aromatic rings. The second-order valence-electron chi connectivity index (χ2n) is 10.2. The third-order valence-corrected chi connectivity index (χ3v) is 8.06. The lowest BCUT2D eigenvalue weighted by molar-refractivity contribution is -0.144. The first-order chi connectivity index (χ1) is 17.1. The maximum atomic E-state index is 13.6. The minimum atomic E-state index is -2.60. The number of fused-ring (bicyclic) bond motifs is 3. The fourth-order valence-electron chi connectivity index (χ4n) is 6.29. The number of hydrogen-bond donors (Lipinski definition) is 5. The molecular formula is C26H28N2O8. The summed E-state index contributed by atoms with van der Waals surface area (Å²) in [5, 5.41) is 43.2. The average molecular weight is 497 g/mol. The smallest absolute Gasteiger partial charge is 0.255 e. The number of carbonyl (C=O) groups is 4. The van der Waals surface area contributed by atoms with Crippen molar-refractivity contribution in [2.75, 3.05) is 19.6 Å². The Morgan fingerprint density at radius 1 is 1.06 bits per heavy atom. The second kappa shape index (κ2) is 8.56. The number of allylic oxidation sites excluding steroid dienone is 2. The molecule has 3 aliphatic carbocycles. The molecule has 1 fully saturated rings. The summed E-state index contributed by atoms with van der Waals surface area (Å²) < 4.78 is 0. The molecule has 10 nitrogen and oxygen atoms in total. The van der Waals surface area contributed by atoms with Crippen molar-refractivity contribution < 1.29 is 39.6 Å². The zero-order valence-corrected chi connectivity index (χ0v) is 19.6. The summed E-state index contributed by atoms with van der Waals surface area (Å²) in [6.45, 7) is 1.81. The number of nitrogens with two attached hydrogens (primary N) is 1. The molecule has 6 N–H and O–H groups in total. The highest BCUT2D eigenvalue weighted by atomic mass is 16.3. The van der Waals surface area contributed by atoms with Crippen molar-refractivity contribution in [2.24, 2.45) is 17.6 Å². The molecule has 0 bridgehead atoms. The minimum absolute atomic E-state index is 0.0261. The third kappa shape index (κ3) is 3.47. The molecule has 4 aliphatic rings. The van der Waals surface area contributed by atoms with Crippen molar-refractivity contribution in [3.05, 3.63) is 51.5 Å². The van der Waals surface area contributed by atoms with Crippen LogP contribution in [-0.2, 0) is 16.0 Å². The van der Waals surface area contributed by atoms with Gasteiger partial charge in [-0.15, -0.1) is 0 Å². The molecule has 0 radical (unpaired) electrons. The summed E-state index contributed by atoms with van der Waals surface area (Å²) in [6.07, 6.45) is 2.99. The predicted octanol–water partition coefficient (Wildman–Crippen LogP) is 1.25. The molecule has 5 rings (SSSR count). The van der Waals surface area contributed by atoms with Crippen molar-refractivity contribution in [1.29, 1.82) is 0 Å². The number of aliphatic hydroxyl groups excluding tert-OH is 2. The standard InChI is InChI=1S/C26H28N2O8/c27-25(35)21-17(30)10-13-8-12-9-15-14(18(31)11-28-6-2-1-3-7-28)4-5-16(29)20(15)22(32)19(12)23(33)26(13,36)24(21)34/h4-5,12-13,29-30,33,36H,1-3,6-11H2,(H2,27,35)/t12-,13+,26+/m1/s1. The zero-order valence-electron chi connectivity index (χ0n) is 19.6. The number of rotatable bonds is 4. The number of hydrogen-bond acceptors (Lipinski definition) is 9. The molecule has 3 atom stereocenters. The molecule has 1 saturated heterocycles. The Hall–Kier alpha value is -3.50. The molecular weight excluding hydrogens is 468 g/mol. The Balaban J connectivity index is 1.57. The Bertz CT molecular complexity index is 1270. The number of phenols is 1. The lowest BCUT2D eigenvalue weighted by atomic mass is 9.60. The molecule has 190 valence electrons. The van der Waals surface area contributed by atoms with Gasteiger partial charge in [-0.3, -0.25) is 24.1 Å². The zero-order chi connectivity index (χ0) is 25.9. The van der Waals surface area contributed by atoms with Gasteiger partial charge in [-0.25, -0.2) is 0 Å². The van der Waals surface area contributed by atoms with E-state index in [1.165, 1.54) is 12.1 Å². The number of Topliss-reactive ketones (excluding diaryl/α,β-unsaturated/α-hetero) is 3. The van der Waals surface area contributed by atoms with Gasteiger partial charge >= 0.3 is 0 Å². The Kier molecular flexibility index (Phi) is 5.76. The van der Waals surface area contributed by atoms with Crippen LogP contribution in [0.2, 0.25) is 0 Å². The van der Waals surface area contributed by atoms with Gasteiger partial charge in [-0.05, 0) is 62.4 Å². The van der Waals surface area contributed by atoms with E-state index >= 15 is 0 Å². The van der Waals surface area contributed by atoms with Gasteiger partial charge in [-0.2, -0.15) is 0 Å². The number of benzene rings is 1. The first-order valence-electron chi connectivity index (χ1n) is 12.1. The lowest BCUT2D eigenvalue weighted by Crippen LogP contribution is -2.57. The monoisotopic (exact) mass is 496 g/mol. The van der Waals surface area contributed by atoms with Crippen LogP contribution < -0.4 is 5.73 Å². The quantitative estimate of drug-likeness (QED) is 0.303. The largest absolute Gasteiger partial charge is 0.511 e. The number of primary amides is 1. The molecule has 0 aromatic heterocycles. The number of carbonyl (C=O) groups excluding carboxylic acids is 4. The topological polar surface area (TPSA) is 178 Å². The van der Waals surface area contributed by atoms with Crippen LogP contribution >= 0.6 is 0 Å². The molecule has 0 spiro atoms. The summed E-state index contributed by atoms with van der Waals surface area (Å²) in [6, 6.07) is 2.76. The molecule has 10 heteroatoms. The normalized spacial score (nSPS) is 28.5. The molecule has 1 aromatic carbocycles. The maximum Gasteiger partial charge on any atom is 0.255 e. The molecule has 36 heavy (non-hydrogen) atoms. The highest BCUT2D eigenvalue weighted by Gasteiger charge is 2.59. The summed E-state index contributed by atoms with van der Waals surface area (Å²) in [7, 11) is 0. The highest BCUT2D eigenvalue weighted by Crippen LogP contribution is 2.51. The van der Waals surface area contributed by atoms with Crippen LogP contribution in [-0.4, -0.2) is 73.8 Å². The van der Waals surface area contributed by atoms with Crippen molar-refractivity contribution >= 4 is 23.3 Å². The number of ketones is 3. The van der Waals surface area contributed by atoms with Gasteiger partial charge in [0, 0.05) is 23.5 Å². The Morgan fingerprint density at radius 2 is 1.75 bits per heavy atom. The summed E-state index contributed by atoms with van der Waals surface area (Å²) in [5.74, 6) is -7.01. The number of piperidine rings is 1. The number of nitrogens with zero attached hydrogens (tertiary/aromatic N) is 1. The molecule has 0 unspecified atom stereocenters. The summed E-state index contributed by atoms with van der Waals surface area (Å²) in [5.41, 5.74) is 2.10. The minimum Gasteiger partial charge on any atom is -0.511 e. The number of aliphatic hydroxyl groups is 3. The van der Waals surface area contributed by atoms with Gasteiger partial charge in [0.25, 0.3) is 5.91 Å². The van der Waals surface area contributed by atoms with Gasteiger partial charge in [0.2, 0.25) is 5.78 Å². The number of likely N-dealkylation sites (tertiary alicyclic amines) is 1. The SMILES string of the molecule is NC(=O)C1=C(O)C[C@@H]2C[C@@H]3Cc4c(C(=O)CN5CCCCC5)ccc(O)c4C(=O)C3=C(O)[C@]2(O)C1=O. The number of aromatic hydroxyl groups is 1. The van der Waals surface area contributed by atoms with Crippen LogP contribution in [0.25, 0.3) is 0 Å². The molecule has 1 amide bonds. The number of amides is 1. The van der Waals surface area contributed by atoms with E-state index in [2.05, 4.69) is 4.90 Å². The summed E-state index contributed by atoms with van der Waals surface area (Å²) in [4.78, 5) is 53.6. The van der Waals surface area contributed by atoms with Gasteiger partial charge in [-0.1, -0.05) is 6.42 Å². The third-order valence-electron chi connectivity index (χ3n) is 8.06. The van der Waals surface area contributed by atoms with Crippen molar-refractivity contribution in [3.8, 4) is 5.75 Å². The molecule has 1 aliphatic heterocycles. The molecule has 1 heterocycles. The fraction of sp³-hybridized carbons (Fsp3) is 0.462. The highest BCUT2D eigenvalue weighted by molar-refractivity contribution is 6.24. The van der Waals surface area contributed by atoms with Gasteiger partial charge in [0.1, 0.15) is 22.8 Å². The second-order valence-corrected chi connectivity index (χ2v) is 10.2. The van der Waals surface area contributed by atoms with E-state index in [0.717, 1.165) is 32.4 Å². The van der Waals surface area contributed by atoms with E-state index in [-0.39, 0.29) is 48.5 Å². The summed E-state index contributed by atoms with van der Waals surface area (Å²) >= 11 is 0. The first kappa shape index (κ1) is 24.2. The van der Waals surface area contributed by atoms with Crippen LogP contribution in [0.4, 0.5) is 0 Å². The van der Waals surface area contributed by atoms with E-state index in [1.54, 1.807) is 0 Å². The van der Waals surface area contributed by atoms with E-state index < -0.39 is 52.0 Å². The van der Waals surface area contributed by atoms with Crippen molar-refractivity contribution in [2.45, 2.75) is 44.1 Å². The van der Waals surface area contributed by atoms with Crippen LogP contribution in [0.3, 0.4) is 0 Å². The fourth-order valence-corrected chi connectivity index (χ4v) is 6.29. The van der Waals surface area contributed by atoms with Crippen LogP contribution in [0, 0.1) is 11.8 Å². The Labute approximate surface area is 206 Å². The van der Waals surface area contributed by atoms with Gasteiger partial charge in [0.05, 0.1) is 12.1 Å². The maximum absolute atomic E-state index is 13.6. The van der Waals surface area contributed by atoms with Crippen molar-refractivity contribution in [1.82, 2.24) is 4.90 Å². The van der Waals surface area contributed by atoms with E-state index in [0.29, 0.717) is 11.1 Å². The predicted molar refractivity (Wildman–Crippen MR) is 125 cm³/mol. The van der Waals surface area contributed by atoms with Gasteiger partial charge in [0.15, 0.2) is 17.2 Å². The van der Waals surface area contributed by atoms with Crippen LogP contribution in [0.1, 0.15) is 58.4 Å². The van der Waals surface area contributed by atoms with Crippen LogP contribution in [0.5, 0.6) is 5.75 Å².